The SMILES string of the molecule is COCO[C@H]1C[C@H]2OC(C)(C)OC[C@]23[C@@H]2[C@@H](CC[C@]3(O)C1)[C@@]1(OCOC)CC[C@H](C#N)[C@@]1(C)C[C@H]2OCOC. The molecule has 0 amide bonds. The monoisotopic (exact) mass is 553 g/mol. The van der Waals surface area contributed by atoms with Crippen LogP contribution in [0, 0.1) is 39.9 Å². The average Bonchev–Trinajstić information content (AvgIpc) is 3.19. The van der Waals surface area contributed by atoms with Gasteiger partial charge in [0.15, 0.2) is 5.79 Å². The molecule has 1 N–H and O–H groups in total. The third kappa shape index (κ3) is 4.39. The number of ether oxygens (including phenoxy) is 8. The van der Waals surface area contributed by atoms with E-state index in [0.717, 1.165) is 19.3 Å². The molecule has 4 saturated carbocycles. The molecule has 1 heterocycles. The fourth-order valence-electron chi connectivity index (χ4n) is 9.50. The summed E-state index contributed by atoms with van der Waals surface area (Å²) in [5, 5.41) is 22.9. The maximum Gasteiger partial charge on any atom is 0.163 e. The molecule has 5 fully saturated rings. The number of rotatable bonds is 9. The van der Waals surface area contributed by atoms with Gasteiger partial charge in [0.25, 0.3) is 0 Å². The minimum atomic E-state index is -1.11. The van der Waals surface area contributed by atoms with Crippen molar-refractivity contribution in [1.82, 2.24) is 0 Å². The Labute approximate surface area is 232 Å². The highest BCUT2D eigenvalue weighted by molar-refractivity contribution is 5.27. The maximum absolute atomic E-state index is 12.7. The van der Waals surface area contributed by atoms with E-state index in [2.05, 4.69) is 13.0 Å². The second-order valence-electron chi connectivity index (χ2n) is 13.1. The van der Waals surface area contributed by atoms with Crippen LogP contribution in [0.4, 0.5) is 0 Å². The summed E-state index contributed by atoms with van der Waals surface area (Å²) in [4.78, 5) is 0. The first-order valence-electron chi connectivity index (χ1n) is 14.3. The van der Waals surface area contributed by atoms with Crippen molar-refractivity contribution in [3.8, 4) is 6.07 Å². The number of aliphatic hydroxyl groups is 1. The molecule has 222 valence electrons. The summed E-state index contributed by atoms with van der Waals surface area (Å²) < 4.78 is 48.5. The van der Waals surface area contributed by atoms with Gasteiger partial charge in [-0.25, -0.2) is 0 Å². The average molecular weight is 554 g/mol. The molecule has 39 heavy (non-hydrogen) atoms. The minimum absolute atomic E-state index is 0.000707. The molecule has 10 heteroatoms. The molecule has 1 spiro atoms. The highest BCUT2D eigenvalue weighted by atomic mass is 16.7. The Morgan fingerprint density at radius 3 is 2.36 bits per heavy atom. The highest BCUT2D eigenvalue weighted by Gasteiger charge is 2.77. The van der Waals surface area contributed by atoms with E-state index < -0.39 is 27.8 Å². The van der Waals surface area contributed by atoms with Gasteiger partial charge in [0, 0.05) is 45.5 Å². The van der Waals surface area contributed by atoms with Crippen LogP contribution in [-0.2, 0) is 37.9 Å². The summed E-state index contributed by atoms with van der Waals surface area (Å²) in [7, 11) is 4.86. The van der Waals surface area contributed by atoms with Crippen LogP contribution >= 0.6 is 0 Å². The van der Waals surface area contributed by atoms with E-state index in [9.17, 15) is 10.4 Å². The van der Waals surface area contributed by atoms with Crippen LogP contribution in [0.15, 0.2) is 0 Å². The third-order valence-electron chi connectivity index (χ3n) is 11.0. The van der Waals surface area contributed by atoms with Crippen LogP contribution in [0.2, 0.25) is 0 Å². The lowest BCUT2D eigenvalue weighted by Crippen LogP contribution is -2.78. The minimum Gasteiger partial charge on any atom is -0.389 e. The number of hydrogen-bond donors (Lipinski definition) is 1. The molecular formula is C29H47NO9. The van der Waals surface area contributed by atoms with Crippen molar-refractivity contribution in [2.24, 2.45) is 28.6 Å². The topological polar surface area (TPSA) is 118 Å². The molecule has 10 nitrogen and oxygen atoms in total. The molecule has 5 rings (SSSR count). The number of nitriles is 1. The van der Waals surface area contributed by atoms with Gasteiger partial charge in [-0.15, -0.1) is 0 Å². The van der Waals surface area contributed by atoms with Crippen LogP contribution in [0.25, 0.3) is 0 Å². The van der Waals surface area contributed by atoms with Crippen molar-refractivity contribution in [2.45, 2.75) is 101 Å². The van der Waals surface area contributed by atoms with Gasteiger partial charge in [0.2, 0.25) is 0 Å². The standard InChI is InChI=1S/C29H47NO9/c1-25(2)37-15-28-23(39-25)11-20(35-16-32-4)12-27(28,31)9-8-21-24(28)22(36-17-33-5)13-26(3)19(14-30)7-10-29(21,26)38-18-34-6/h19-24,31H,7-13,15-18H2,1-6H3/t19-,20+,21-,22-,23-,24-,26-,27+,28-,29+/m1/s1. The fourth-order valence-corrected chi connectivity index (χ4v) is 9.50. The van der Waals surface area contributed by atoms with Crippen LogP contribution in [0.5, 0.6) is 0 Å². The fraction of sp³-hybridized carbons (Fsp3) is 0.966. The second-order valence-corrected chi connectivity index (χ2v) is 13.1. The van der Waals surface area contributed by atoms with Crippen molar-refractivity contribution in [1.29, 1.82) is 5.26 Å². The van der Waals surface area contributed by atoms with Gasteiger partial charge in [0.05, 0.1) is 53.5 Å². The van der Waals surface area contributed by atoms with Gasteiger partial charge in [-0.3, -0.25) is 0 Å². The van der Waals surface area contributed by atoms with Gasteiger partial charge in [0.1, 0.15) is 20.4 Å². The summed E-state index contributed by atoms with van der Waals surface area (Å²) in [6, 6.07) is 2.60. The third-order valence-corrected chi connectivity index (χ3v) is 11.0. The van der Waals surface area contributed by atoms with E-state index >= 15 is 0 Å². The normalized spacial score (nSPS) is 48.4. The van der Waals surface area contributed by atoms with Gasteiger partial charge >= 0.3 is 0 Å². The summed E-state index contributed by atoms with van der Waals surface area (Å²) in [5.41, 5.74) is -2.91. The first kappa shape index (κ1) is 29.6. The quantitative estimate of drug-likeness (QED) is 0.426. The molecule has 0 bridgehead atoms. The molecule has 4 aliphatic carbocycles. The number of methoxy groups -OCH3 is 3. The Morgan fingerprint density at radius 2 is 1.67 bits per heavy atom. The molecule has 1 aliphatic heterocycles. The molecule has 5 aliphatic rings. The van der Waals surface area contributed by atoms with Gasteiger partial charge < -0.3 is 43.0 Å². The maximum atomic E-state index is 12.7. The Balaban J connectivity index is 1.64. The number of fused-ring (bicyclic) bond motifs is 3. The molecule has 10 atom stereocenters. The lowest BCUT2D eigenvalue weighted by atomic mass is 9.40. The Kier molecular flexibility index (Phi) is 8.17. The molecule has 1 saturated heterocycles. The van der Waals surface area contributed by atoms with Crippen LogP contribution < -0.4 is 0 Å². The van der Waals surface area contributed by atoms with E-state index in [1.54, 1.807) is 21.3 Å². The molecule has 0 aromatic heterocycles. The van der Waals surface area contributed by atoms with E-state index in [1.807, 2.05) is 13.8 Å². The summed E-state index contributed by atoms with van der Waals surface area (Å²) in [6.07, 6.45) is 3.64. The van der Waals surface area contributed by atoms with E-state index in [0.29, 0.717) is 32.3 Å². The molecule has 0 unspecified atom stereocenters. The van der Waals surface area contributed by atoms with Crippen LogP contribution in [0.1, 0.15) is 65.7 Å². The van der Waals surface area contributed by atoms with Crippen molar-refractivity contribution in [3.63, 3.8) is 0 Å². The molecule has 0 aromatic rings. The second kappa shape index (κ2) is 10.8. The first-order valence-corrected chi connectivity index (χ1v) is 14.3. The van der Waals surface area contributed by atoms with Crippen molar-refractivity contribution in [3.05, 3.63) is 0 Å². The number of nitrogens with zero attached hydrogens (tertiary/aromatic N) is 1. The first-order chi connectivity index (χ1) is 18.6. The van der Waals surface area contributed by atoms with Crippen LogP contribution in [-0.4, -0.2) is 88.7 Å². The van der Waals surface area contributed by atoms with Crippen LogP contribution in [0.3, 0.4) is 0 Å². The molecular weight excluding hydrogens is 506 g/mol. The lowest BCUT2D eigenvalue weighted by Gasteiger charge is -2.71. The Bertz CT molecular complexity index is 927. The van der Waals surface area contributed by atoms with E-state index in [-0.39, 0.29) is 56.4 Å². The van der Waals surface area contributed by atoms with Crippen molar-refractivity contribution < 1.29 is 43.0 Å². The zero-order valence-corrected chi connectivity index (χ0v) is 24.4. The van der Waals surface area contributed by atoms with E-state index in [1.165, 1.54) is 0 Å². The van der Waals surface area contributed by atoms with Gasteiger partial charge in [-0.1, -0.05) is 6.92 Å². The lowest BCUT2D eigenvalue weighted by molar-refractivity contribution is -0.408. The molecule has 0 radical (unpaired) electrons. The Hall–Kier alpha value is -0.870. The van der Waals surface area contributed by atoms with Crippen molar-refractivity contribution >= 4 is 0 Å². The summed E-state index contributed by atoms with van der Waals surface area (Å²) in [6.45, 7) is 6.80. The predicted octanol–water partition coefficient (Wildman–Crippen LogP) is 3.36. The predicted molar refractivity (Wildman–Crippen MR) is 138 cm³/mol. The number of hydrogen-bond acceptors (Lipinski definition) is 10. The summed E-state index contributed by atoms with van der Waals surface area (Å²) in [5.74, 6) is -1.13. The summed E-state index contributed by atoms with van der Waals surface area (Å²) >= 11 is 0. The van der Waals surface area contributed by atoms with E-state index in [4.69, 9.17) is 37.9 Å². The largest absolute Gasteiger partial charge is 0.389 e. The van der Waals surface area contributed by atoms with Gasteiger partial charge in [-0.05, 0) is 51.9 Å². The van der Waals surface area contributed by atoms with Gasteiger partial charge in [-0.2, -0.15) is 5.26 Å². The zero-order valence-electron chi connectivity index (χ0n) is 24.4. The van der Waals surface area contributed by atoms with Crippen molar-refractivity contribution in [2.75, 3.05) is 48.3 Å². The zero-order chi connectivity index (χ0) is 28.1. The highest BCUT2D eigenvalue weighted by Crippen LogP contribution is 2.72. The molecule has 0 aromatic carbocycles. The Morgan fingerprint density at radius 1 is 0.949 bits per heavy atom. The smallest absolute Gasteiger partial charge is 0.163 e.